The van der Waals surface area contributed by atoms with E-state index in [2.05, 4.69) is 90.4 Å². The predicted molar refractivity (Wildman–Crippen MR) is 134 cm³/mol. The molecule has 0 fully saturated rings. The summed E-state index contributed by atoms with van der Waals surface area (Å²) in [6, 6.07) is 37.9. The van der Waals surface area contributed by atoms with Crippen molar-refractivity contribution >= 4 is 10.9 Å². The molecule has 0 radical (unpaired) electrons. The first kappa shape index (κ1) is 20.6. The first-order valence-electron chi connectivity index (χ1n) is 11.1. The van der Waals surface area contributed by atoms with E-state index in [0.717, 1.165) is 17.7 Å². The van der Waals surface area contributed by atoms with Gasteiger partial charge in [0.15, 0.2) is 6.61 Å². The smallest absolute Gasteiger partial charge is 0.174 e. The summed E-state index contributed by atoms with van der Waals surface area (Å²) >= 11 is 0. The van der Waals surface area contributed by atoms with Crippen molar-refractivity contribution in [2.24, 2.45) is 0 Å². The van der Waals surface area contributed by atoms with E-state index in [1.54, 1.807) is 0 Å². The number of aryl methyl sites for hydroxylation is 1. The summed E-state index contributed by atoms with van der Waals surface area (Å²) in [6.45, 7) is 3.09. The molecule has 0 atom stereocenters. The number of nitrogens with zero attached hydrogens (tertiary/aromatic N) is 2. The quantitative estimate of drug-likeness (QED) is 0.286. The molecule has 5 aromatic rings. The van der Waals surface area contributed by atoms with Crippen molar-refractivity contribution in [1.29, 1.82) is 5.26 Å². The number of benzene rings is 4. The zero-order valence-electron chi connectivity index (χ0n) is 18.5. The van der Waals surface area contributed by atoms with Gasteiger partial charge in [0.25, 0.3) is 0 Å². The fourth-order valence-corrected chi connectivity index (χ4v) is 4.46. The molecule has 0 N–H and O–H groups in total. The molecule has 160 valence electrons. The van der Waals surface area contributed by atoms with E-state index in [4.69, 9.17) is 10.00 Å². The average Bonchev–Trinajstić information content (AvgIpc) is 3.15. The number of hydrogen-bond donors (Lipinski definition) is 0. The van der Waals surface area contributed by atoms with Gasteiger partial charge in [-0.25, -0.2) is 0 Å². The van der Waals surface area contributed by atoms with Crippen molar-refractivity contribution in [2.45, 2.75) is 13.5 Å². The number of ether oxygens (including phenoxy) is 1. The van der Waals surface area contributed by atoms with Crippen LogP contribution in [0, 0.1) is 18.3 Å². The van der Waals surface area contributed by atoms with Gasteiger partial charge in [-0.2, -0.15) is 5.26 Å². The summed E-state index contributed by atoms with van der Waals surface area (Å²) in [5.74, 6) is 0.706. The molecule has 0 aliphatic rings. The summed E-state index contributed by atoms with van der Waals surface area (Å²) in [7, 11) is 0. The van der Waals surface area contributed by atoms with Crippen molar-refractivity contribution < 1.29 is 4.74 Å². The second-order valence-corrected chi connectivity index (χ2v) is 8.11. The van der Waals surface area contributed by atoms with Crippen LogP contribution in [-0.4, -0.2) is 11.2 Å². The van der Waals surface area contributed by atoms with Gasteiger partial charge in [0.2, 0.25) is 0 Å². The molecule has 1 heterocycles. The molecule has 0 spiro atoms. The van der Waals surface area contributed by atoms with Crippen molar-refractivity contribution in [1.82, 2.24) is 4.57 Å². The second-order valence-electron chi connectivity index (χ2n) is 8.11. The number of rotatable bonds is 6. The van der Waals surface area contributed by atoms with Crippen molar-refractivity contribution in [3.8, 4) is 34.2 Å². The normalized spacial score (nSPS) is 10.8. The van der Waals surface area contributed by atoms with E-state index < -0.39 is 0 Å². The molecule has 5 rings (SSSR count). The number of nitriles is 1. The Morgan fingerprint density at radius 2 is 1.42 bits per heavy atom. The fraction of sp³-hybridized carbons (Fsp3) is 0.100. The van der Waals surface area contributed by atoms with Crippen molar-refractivity contribution in [3.05, 3.63) is 114 Å². The molecule has 0 aliphatic carbocycles. The maximum absolute atomic E-state index is 8.71. The molecule has 0 unspecified atom stereocenters. The van der Waals surface area contributed by atoms with Crippen molar-refractivity contribution in [3.63, 3.8) is 0 Å². The van der Waals surface area contributed by atoms with Gasteiger partial charge in [0, 0.05) is 17.4 Å². The Kier molecular flexibility index (Phi) is 5.66. The predicted octanol–water partition coefficient (Wildman–Crippen LogP) is 7.23. The highest BCUT2D eigenvalue weighted by Gasteiger charge is 2.17. The Morgan fingerprint density at radius 1 is 0.758 bits per heavy atom. The average molecular weight is 429 g/mol. The van der Waals surface area contributed by atoms with Crippen LogP contribution in [-0.2, 0) is 6.54 Å². The van der Waals surface area contributed by atoms with Gasteiger partial charge in [-0.3, -0.25) is 0 Å². The topological polar surface area (TPSA) is 38.0 Å². The molecule has 0 amide bonds. The third-order valence-corrected chi connectivity index (χ3v) is 6.04. The van der Waals surface area contributed by atoms with Crippen LogP contribution in [0.15, 0.2) is 103 Å². The van der Waals surface area contributed by atoms with Gasteiger partial charge in [-0.1, -0.05) is 78.9 Å². The van der Waals surface area contributed by atoms with E-state index in [1.807, 2.05) is 30.3 Å². The molecule has 1 aromatic heterocycles. The molecule has 0 saturated carbocycles. The van der Waals surface area contributed by atoms with Crippen molar-refractivity contribution in [2.75, 3.05) is 6.61 Å². The van der Waals surface area contributed by atoms with Crippen LogP contribution in [0.2, 0.25) is 0 Å². The van der Waals surface area contributed by atoms with Crippen LogP contribution in [0.4, 0.5) is 0 Å². The highest BCUT2D eigenvalue weighted by atomic mass is 16.5. The Bertz CT molecular complexity index is 1430. The van der Waals surface area contributed by atoms with Gasteiger partial charge in [-0.15, -0.1) is 0 Å². The number of hydrogen-bond acceptors (Lipinski definition) is 2. The summed E-state index contributed by atoms with van der Waals surface area (Å²) in [4.78, 5) is 0. The summed E-state index contributed by atoms with van der Waals surface area (Å²) in [5, 5.41) is 9.97. The van der Waals surface area contributed by atoms with Crippen LogP contribution < -0.4 is 4.74 Å². The zero-order chi connectivity index (χ0) is 22.6. The third-order valence-electron chi connectivity index (χ3n) is 6.04. The second kappa shape index (κ2) is 9.06. The van der Waals surface area contributed by atoms with Crippen LogP contribution in [0.3, 0.4) is 0 Å². The first-order valence-corrected chi connectivity index (χ1v) is 11.1. The minimum atomic E-state index is 0.0572. The van der Waals surface area contributed by atoms with E-state index in [9.17, 15) is 0 Å². The fourth-order valence-electron chi connectivity index (χ4n) is 4.46. The van der Waals surface area contributed by atoms with E-state index in [-0.39, 0.29) is 6.61 Å². The Balaban J connectivity index is 1.62. The van der Waals surface area contributed by atoms with E-state index in [0.29, 0.717) is 5.75 Å². The molecule has 0 bridgehead atoms. The summed E-state index contributed by atoms with van der Waals surface area (Å²) < 4.78 is 7.82. The van der Waals surface area contributed by atoms with Crippen LogP contribution in [0.5, 0.6) is 5.75 Å². The van der Waals surface area contributed by atoms with E-state index >= 15 is 0 Å². The van der Waals surface area contributed by atoms with Crippen LogP contribution >= 0.6 is 0 Å². The highest BCUT2D eigenvalue weighted by molar-refractivity contribution is 5.94. The Labute approximate surface area is 194 Å². The maximum Gasteiger partial charge on any atom is 0.174 e. The van der Waals surface area contributed by atoms with E-state index in [1.165, 1.54) is 33.3 Å². The molecule has 3 heteroatoms. The largest absolute Gasteiger partial charge is 0.479 e. The van der Waals surface area contributed by atoms with Crippen LogP contribution in [0.25, 0.3) is 33.3 Å². The highest BCUT2D eigenvalue weighted by Crippen LogP contribution is 2.36. The summed E-state index contributed by atoms with van der Waals surface area (Å²) in [6.07, 6.45) is 0. The molecular weight excluding hydrogens is 404 g/mol. The maximum atomic E-state index is 8.71. The van der Waals surface area contributed by atoms with Crippen LogP contribution in [0.1, 0.15) is 11.1 Å². The third kappa shape index (κ3) is 4.12. The van der Waals surface area contributed by atoms with Gasteiger partial charge >= 0.3 is 0 Å². The lowest BCUT2D eigenvalue weighted by Crippen LogP contribution is -2.02. The SMILES string of the molecule is Cc1c(-c2ccccc2)n(Cc2ccccc2)c2ccc(-c3ccc(OCC#N)cc3)cc12. The lowest BCUT2D eigenvalue weighted by Gasteiger charge is -2.12. The molecule has 3 nitrogen and oxygen atoms in total. The Hall–Kier alpha value is -4.29. The zero-order valence-corrected chi connectivity index (χ0v) is 18.5. The monoisotopic (exact) mass is 428 g/mol. The molecule has 0 aliphatic heterocycles. The number of fused-ring (bicyclic) bond motifs is 1. The first-order chi connectivity index (χ1) is 16.2. The van der Waals surface area contributed by atoms with Gasteiger partial charge < -0.3 is 9.30 Å². The standard InChI is InChI=1S/C30H24N2O/c1-22-28-20-26(24-12-15-27(16-13-24)33-19-18-31)14-17-29(28)32(21-23-8-4-2-5-9-23)30(22)25-10-6-3-7-11-25/h2-17,20H,19,21H2,1H3. The molecule has 0 saturated heterocycles. The Morgan fingerprint density at radius 3 is 2.12 bits per heavy atom. The van der Waals surface area contributed by atoms with Gasteiger partial charge in [-0.05, 0) is 59.0 Å². The molecular formula is C30H24N2O. The minimum Gasteiger partial charge on any atom is -0.479 e. The lowest BCUT2D eigenvalue weighted by molar-refractivity contribution is 0.368. The molecule has 33 heavy (non-hydrogen) atoms. The van der Waals surface area contributed by atoms with Gasteiger partial charge in [0.05, 0.1) is 5.69 Å². The summed E-state index contributed by atoms with van der Waals surface area (Å²) in [5.41, 5.74) is 8.56. The number of aromatic nitrogens is 1. The minimum absolute atomic E-state index is 0.0572. The van der Waals surface area contributed by atoms with Gasteiger partial charge in [0.1, 0.15) is 11.8 Å². The lowest BCUT2D eigenvalue weighted by atomic mass is 10.0. The molecule has 4 aromatic carbocycles.